The molecule has 1 aromatic carbocycles. The number of benzene rings is 1. The number of nitrogens with one attached hydrogen (secondary N) is 2. The Labute approximate surface area is 170 Å². The lowest BCUT2D eigenvalue weighted by atomic mass is 10.2. The highest BCUT2D eigenvalue weighted by Crippen LogP contribution is 2.18. The highest BCUT2D eigenvalue weighted by molar-refractivity contribution is 6.30. The zero-order valence-electron chi connectivity index (χ0n) is 16.3. The minimum Gasteiger partial charge on any atom is -0.379 e. The van der Waals surface area contributed by atoms with Crippen molar-refractivity contribution in [2.45, 2.75) is 26.4 Å². The summed E-state index contributed by atoms with van der Waals surface area (Å²) in [6.45, 7) is 9.65. The molecule has 1 aromatic heterocycles. The summed E-state index contributed by atoms with van der Waals surface area (Å²) < 4.78 is 10.7. The number of nitrogens with zero attached hydrogens (tertiary/aromatic N) is 4. The maximum atomic E-state index is 5.91. The van der Waals surface area contributed by atoms with E-state index in [0.717, 1.165) is 50.9 Å². The molecule has 0 saturated carbocycles. The Balaban J connectivity index is 1.55. The number of halogens is 1. The summed E-state index contributed by atoms with van der Waals surface area (Å²) in [6, 6.07) is 7.72. The van der Waals surface area contributed by atoms with Gasteiger partial charge in [0.1, 0.15) is 6.54 Å². The van der Waals surface area contributed by atoms with Crippen LogP contribution in [0, 0.1) is 0 Å². The van der Waals surface area contributed by atoms with Gasteiger partial charge in [0.2, 0.25) is 11.7 Å². The quantitative estimate of drug-likeness (QED) is 0.538. The van der Waals surface area contributed by atoms with Gasteiger partial charge >= 0.3 is 0 Å². The van der Waals surface area contributed by atoms with Crippen molar-refractivity contribution < 1.29 is 9.26 Å². The third-order valence-electron chi connectivity index (χ3n) is 4.52. The zero-order valence-corrected chi connectivity index (χ0v) is 17.1. The molecule has 3 rings (SSSR count). The Morgan fingerprint density at radius 3 is 2.71 bits per heavy atom. The second kappa shape index (κ2) is 10.4. The molecule has 1 aliphatic heterocycles. The lowest BCUT2D eigenvalue weighted by Gasteiger charge is -2.32. The standard InChI is InChI=1S/C19H27ClN6O2/c1-3-21-19(22-12-14(2)26-8-10-27-11-9-26)23-13-17-24-18(25-28-17)15-4-6-16(20)7-5-15/h4-7,14H,3,8-13H2,1-2H3,(H2,21,22,23). The van der Waals surface area contributed by atoms with Crippen molar-refractivity contribution in [1.82, 2.24) is 25.7 Å². The number of guanidine groups is 1. The highest BCUT2D eigenvalue weighted by Gasteiger charge is 2.17. The molecule has 28 heavy (non-hydrogen) atoms. The predicted molar refractivity (Wildman–Crippen MR) is 109 cm³/mol. The number of rotatable bonds is 7. The van der Waals surface area contributed by atoms with Crippen molar-refractivity contribution >= 4 is 17.6 Å². The molecular weight excluding hydrogens is 380 g/mol. The molecule has 0 aliphatic carbocycles. The fourth-order valence-corrected chi connectivity index (χ4v) is 3.04. The number of morpholine rings is 1. The summed E-state index contributed by atoms with van der Waals surface area (Å²) in [5.74, 6) is 1.72. The Morgan fingerprint density at radius 1 is 1.25 bits per heavy atom. The van der Waals surface area contributed by atoms with Crippen molar-refractivity contribution in [3.8, 4) is 11.4 Å². The van der Waals surface area contributed by atoms with E-state index in [1.807, 2.05) is 19.1 Å². The van der Waals surface area contributed by atoms with Gasteiger partial charge in [-0.1, -0.05) is 16.8 Å². The molecule has 0 amide bonds. The number of ether oxygens (including phenoxy) is 1. The first-order valence-electron chi connectivity index (χ1n) is 9.58. The Bertz CT molecular complexity index is 758. The monoisotopic (exact) mass is 406 g/mol. The summed E-state index contributed by atoms with van der Waals surface area (Å²) in [7, 11) is 0. The maximum absolute atomic E-state index is 5.91. The van der Waals surface area contributed by atoms with Gasteiger partial charge in [0.25, 0.3) is 0 Å². The first-order valence-corrected chi connectivity index (χ1v) is 9.96. The van der Waals surface area contributed by atoms with E-state index >= 15 is 0 Å². The van der Waals surface area contributed by atoms with E-state index in [2.05, 4.69) is 37.6 Å². The van der Waals surface area contributed by atoms with Gasteiger partial charge in [-0.2, -0.15) is 4.98 Å². The summed E-state index contributed by atoms with van der Waals surface area (Å²) in [5.41, 5.74) is 0.854. The first-order chi connectivity index (χ1) is 13.7. The maximum Gasteiger partial charge on any atom is 0.248 e. The minimum absolute atomic E-state index is 0.307. The Hall–Kier alpha value is -2.16. The van der Waals surface area contributed by atoms with Gasteiger partial charge in [0.05, 0.1) is 13.2 Å². The molecule has 9 heteroatoms. The van der Waals surface area contributed by atoms with E-state index in [1.54, 1.807) is 12.1 Å². The van der Waals surface area contributed by atoms with Crippen LogP contribution in [-0.2, 0) is 11.3 Å². The topological polar surface area (TPSA) is 87.8 Å². The van der Waals surface area contributed by atoms with Crippen molar-refractivity contribution in [2.24, 2.45) is 4.99 Å². The van der Waals surface area contributed by atoms with Crippen LogP contribution in [0.3, 0.4) is 0 Å². The summed E-state index contributed by atoms with van der Waals surface area (Å²) in [6.07, 6.45) is 0. The molecule has 8 nitrogen and oxygen atoms in total. The van der Waals surface area contributed by atoms with Crippen molar-refractivity contribution in [1.29, 1.82) is 0 Å². The van der Waals surface area contributed by atoms with E-state index in [9.17, 15) is 0 Å². The second-order valence-electron chi connectivity index (χ2n) is 6.59. The summed E-state index contributed by atoms with van der Waals surface area (Å²) >= 11 is 5.91. The molecule has 0 spiro atoms. The number of aliphatic imine (C=N–C) groups is 1. The smallest absolute Gasteiger partial charge is 0.248 e. The summed E-state index contributed by atoms with van der Waals surface area (Å²) in [4.78, 5) is 11.4. The number of hydrogen-bond acceptors (Lipinski definition) is 6. The van der Waals surface area contributed by atoms with Crippen LogP contribution < -0.4 is 10.6 Å². The van der Waals surface area contributed by atoms with Crippen LogP contribution in [0.15, 0.2) is 33.8 Å². The predicted octanol–water partition coefficient (Wildman–Crippen LogP) is 2.17. The zero-order chi connectivity index (χ0) is 19.8. The van der Waals surface area contributed by atoms with Crippen LogP contribution in [0.2, 0.25) is 5.02 Å². The molecule has 152 valence electrons. The second-order valence-corrected chi connectivity index (χ2v) is 7.03. The van der Waals surface area contributed by atoms with E-state index < -0.39 is 0 Å². The molecule has 1 saturated heterocycles. The van der Waals surface area contributed by atoms with Gasteiger partial charge in [0.15, 0.2) is 5.96 Å². The molecule has 1 unspecified atom stereocenters. The third-order valence-corrected chi connectivity index (χ3v) is 4.77. The molecule has 1 atom stereocenters. The lowest BCUT2D eigenvalue weighted by Crippen LogP contribution is -2.49. The van der Waals surface area contributed by atoms with E-state index in [1.165, 1.54) is 0 Å². The molecule has 2 heterocycles. The number of aromatic nitrogens is 2. The van der Waals surface area contributed by atoms with Gasteiger partial charge in [-0.05, 0) is 38.1 Å². The molecule has 2 N–H and O–H groups in total. The van der Waals surface area contributed by atoms with Gasteiger partial charge in [0, 0.05) is 42.8 Å². The van der Waals surface area contributed by atoms with Crippen LogP contribution in [0.5, 0.6) is 0 Å². The van der Waals surface area contributed by atoms with Crippen LogP contribution >= 0.6 is 11.6 Å². The third kappa shape index (κ3) is 5.92. The Morgan fingerprint density at radius 2 is 2.00 bits per heavy atom. The van der Waals surface area contributed by atoms with Gasteiger partial charge in [-0.3, -0.25) is 4.90 Å². The van der Waals surface area contributed by atoms with Crippen LogP contribution in [-0.4, -0.2) is 66.4 Å². The van der Waals surface area contributed by atoms with Gasteiger partial charge in [-0.15, -0.1) is 0 Å². The lowest BCUT2D eigenvalue weighted by molar-refractivity contribution is 0.0211. The largest absolute Gasteiger partial charge is 0.379 e. The highest BCUT2D eigenvalue weighted by atomic mass is 35.5. The average Bonchev–Trinajstić information content (AvgIpc) is 3.20. The molecule has 0 radical (unpaired) electrons. The summed E-state index contributed by atoms with van der Waals surface area (Å²) in [5, 5.41) is 11.3. The van der Waals surface area contributed by atoms with E-state index in [-0.39, 0.29) is 0 Å². The van der Waals surface area contributed by atoms with Crippen molar-refractivity contribution in [3.63, 3.8) is 0 Å². The van der Waals surface area contributed by atoms with Crippen LogP contribution in [0.4, 0.5) is 0 Å². The SMILES string of the molecule is CCNC(=NCc1nc(-c2ccc(Cl)cc2)no1)NCC(C)N1CCOCC1. The molecule has 2 aromatic rings. The van der Waals surface area contributed by atoms with Gasteiger partial charge in [-0.25, -0.2) is 4.99 Å². The first kappa shape index (κ1) is 20.6. The molecule has 1 aliphatic rings. The van der Waals surface area contributed by atoms with Crippen molar-refractivity contribution in [2.75, 3.05) is 39.4 Å². The van der Waals surface area contributed by atoms with E-state index in [4.69, 9.17) is 20.9 Å². The number of hydrogen-bond donors (Lipinski definition) is 2. The normalized spacial score (nSPS) is 16.8. The molecular formula is C19H27ClN6O2. The van der Waals surface area contributed by atoms with Crippen molar-refractivity contribution in [3.05, 3.63) is 35.2 Å². The fourth-order valence-electron chi connectivity index (χ4n) is 2.92. The minimum atomic E-state index is 0.307. The van der Waals surface area contributed by atoms with Gasteiger partial charge < -0.3 is 19.9 Å². The Kier molecular flexibility index (Phi) is 7.64. The van der Waals surface area contributed by atoms with Crippen LogP contribution in [0.25, 0.3) is 11.4 Å². The average molecular weight is 407 g/mol. The fraction of sp³-hybridized carbons (Fsp3) is 0.526. The van der Waals surface area contributed by atoms with E-state index in [0.29, 0.717) is 29.3 Å². The molecule has 0 bridgehead atoms. The molecule has 1 fully saturated rings. The van der Waals surface area contributed by atoms with Crippen LogP contribution in [0.1, 0.15) is 19.7 Å².